The maximum atomic E-state index is 13.4. The highest BCUT2D eigenvalue weighted by molar-refractivity contribution is 9.08. The molecule has 0 unspecified atom stereocenters. The predicted octanol–water partition coefficient (Wildman–Crippen LogP) is 7.43. The molecule has 2 rings (SSSR count). The Bertz CT molecular complexity index is 1370. The van der Waals surface area contributed by atoms with Gasteiger partial charge in [0, 0.05) is 5.33 Å². The van der Waals surface area contributed by atoms with Gasteiger partial charge in [0.1, 0.15) is 11.5 Å². The fourth-order valence-electron chi connectivity index (χ4n) is 4.78. The highest BCUT2D eigenvalue weighted by Gasteiger charge is 2.28. The van der Waals surface area contributed by atoms with E-state index < -0.39 is 42.7 Å². The van der Waals surface area contributed by atoms with Crippen molar-refractivity contribution in [2.45, 2.75) is 58.7 Å². The molecule has 0 radical (unpaired) electrons. The van der Waals surface area contributed by atoms with Crippen LogP contribution < -0.4 is 4.74 Å². The van der Waals surface area contributed by atoms with E-state index in [0.29, 0.717) is 33.3 Å². The number of hydrogen-bond acceptors (Lipinski definition) is 9. The normalized spacial score (nSPS) is 12.9. The van der Waals surface area contributed by atoms with Crippen molar-refractivity contribution in [1.29, 1.82) is 0 Å². The third-order valence-electron chi connectivity index (χ3n) is 6.70. The van der Waals surface area contributed by atoms with Gasteiger partial charge in [-0.3, -0.25) is 18.3 Å². The average Bonchev–Trinajstić information content (AvgIpc) is 2.97. The quantitative estimate of drug-likeness (QED) is 0.0640. The van der Waals surface area contributed by atoms with Crippen LogP contribution in [0.25, 0.3) is 0 Å². The number of hydrogen-bond donors (Lipinski definition) is 4. The molecule has 0 aliphatic rings. The minimum atomic E-state index is -4.34. The Balaban J connectivity index is 2.69. The monoisotopic (exact) mass is 806 g/mol. The molecule has 0 amide bonds. The second-order valence-electron chi connectivity index (χ2n) is 10.6. The number of rotatable bonds is 23. The summed E-state index contributed by atoms with van der Waals surface area (Å²) in [7, 11) is -15.6. The van der Waals surface area contributed by atoms with E-state index in [-0.39, 0.29) is 70.2 Å². The molecule has 0 atom stereocenters. The molecule has 268 valence electrons. The van der Waals surface area contributed by atoms with E-state index in [1.54, 1.807) is 45.9 Å². The van der Waals surface area contributed by atoms with Gasteiger partial charge < -0.3 is 42.4 Å². The lowest BCUT2D eigenvalue weighted by Crippen LogP contribution is -2.08. The first-order valence-corrected chi connectivity index (χ1v) is 23.5. The van der Waals surface area contributed by atoms with Crippen molar-refractivity contribution >= 4 is 46.3 Å². The molecule has 0 bridgehead atoms. The summed E-state index contributed by atoms with van der Waals surface area (Å²) in [4.78, 5) is 37.9. The molecule has 0 aromatic heterocycles. The molecule has 18 heteroatoms. The maximum Gasteiger partial charge on any atom is 0.330 e. The van der Waals surface area contributed by atoms with Crippen LogP contribution in [0.15, 0.2) is 30.3 Å². The number of alkyl halides is 1. The summed E-state index contributed by atoms with van der Waals surface area (Å²) in [6.07, 6.45) is -0.353. The van der Waals surface area contributed by atoms with Crippen LogP contribution in [0.4, 0.5) is 0 Å². The largest absolute Gasteiger partial charge is 0.457 e. The molecule has 2 aromatic carbocycles. The Kier molecular flexibility index (Phi) is 17.8. The molecular formula is C29H47BrO13P4. The van der Waals surface area contributed by atoms with Crippen LogP contribution in [0.1, 0.15) is 55.5 Å². The lowest BCUT2D eigenvalue weighted by Gasteiger charge is -2.22. The van der Waals surface area contributed by atoms with Gasteiger partial charge in [-0.15, -0.1) is 0 Å². The van der Waals surface area contributed by atoms with Gasteiger partial charge >= 0.3 is 30.4 Å². The Morgan fingerprint density at radius 3 is 1.26 bits per heavy atom. The van der Waals surface area contributed by atoms with Crippen LogP contribution in [0.2, 0.25) is 0 Å². The van der Waals surface area contributed by atoms with E-state index >= 15 is 0 Å². The van der Waals surface area contributed by atoms with Crippen LogP contribution in [0.3, 0.4) is 0 Å². The van der Waals surface area contributed by atoms with Crippen LogP contribution in [0, 0.1) is 0 Å². The van der Waals surface area contributed by atoms with Gasteiger partial charge in [0.2, 0.25) is 0 Å². The van der Waals surface area contributed by atoms with Crippen LogP contribution in [-0.2, 0) is 67.4 Å². The third-order valence-corrected chi connectivity index (χ3v) is 13.1. The Hall–Kier alpha value is -0.680. The van der Waals surface area contributed by atoms with Crippen LogP contribution in [0.5, 0.6) is 11.5 Å². The first-order chi connectivity index (χ1) is 22.0. The van der Waals surface area contributed by atoms with Crippen molar-refractivity contribution in [2.75, 3.05) is 51.1 Å². The molecule has 0 aliphatic carbocycles. The molecule has 2 aromatic rings. The second-order valence-corrected chi connectivity index (χ2v) is 19.1. The average molecular weight is 807 g/mol. The van der Waals surface area contributed by atoms with E-state index in [0.717, 1.165) is 5.56 Å². The second kappa shape index (κ2) is 19.6. The fraction of sp³-hybridized carbons (Fsp3) is 0.586. The van der Waals surface area contributed by atoms with Crippen molar-refractivity contribution < 1.29 is 60.7 Å². The van der Waals surface area contributed by atoms with Crippen molar-refractivity contribution in [3.05, 3.63) is 58.1 Å². The zero-order chi connectivity index (χ0) is 35.3. The van der Waals surface area contributed by atoms with E-state index in [1.165, 1.54) is 0 Å². The van der Waals surface area contributed by atoms with Crippen LogP contribution >= 0.6 is 46.3 Å². The van der Waals surface area contributed by atoms with Gasteiger partial charge in [0.05, 0.1) is 51.1 Å². The number of halogens is 1. The first kappa shape index (κ1) is 42.5. The summed E-state index contributed by atoms with van der Waals surface area (Å²) in [5.74, 6) is 0.639. The predicted molar refractivity (Wildman–Crippen MR) is 186 cm³/mol. The highest BCUT2D eigenvalue weighted by Crippen LogP contribution is 2.51. The van der Waals surface area contributed by atoms with Gasteiger partial charge in [-0.2, -0.15) is 0 Å². The van der Waals surface area contributed by atoms with E-state index in [9.17, 15) is 37.8 Å². The van der Waals surface area contributed by atoms with Gasteiger partial charge in [0.15, 0.2) is 0 Å². The lowest BCUT2D eigenvalue weighted by molar-refractivity contribution is 0.219. The topological polar surface area (TPSA) is 195 Å². The van der Waals surface area contributed by atoms with Crippen molar-refractivity contribution in [3.63, 3.8) is 0 Å². The fourth-order valence-corrected chi connectivity index (χ4v) is 9.48. The molecule has 0 saturated heterocycles. The first-order valence-electron chi connectivity index (χ1n) is 15.3. The van der Waals surface area contributed by atoms with Gasteiger partial charge in [-0.1, -0.05) is 34.1 Å². The van der Waals surface area contributed by atoms with Crippen molar-refractivity contribution in [2.24, 2.45) is 0 Å². The highest BCUT2D eigenvalue weighted by atomic mass is 79.9. The molecule has 4 N–H and O–H groups in total. The molecule has 0 aliphatic heterocycles. The van der Waals surface area contributed by atoms with Crippen molar-refractivity contribution in [3.8, 4) is 11.5 Å². The minimum absolute atomic E-state index is 0.00951. The minimum Gasteiger partial charge on any atom is -0.457 e. The molecule has 47 heavy (non-hydrogen) atoms. The number of aryl methyl sites for hydroxylation is 4. The summed E-state index contributed by atoms with van der Waals surface area (Å²) in [5, 5.41) is 0.473. The summed E-state index contributed by atoms with van der Waals surface area (Å²) in [6, 6.07) is 8.62. The molecule has 0 fully saturated rings. The van der Waals surface area contributed by atoms with Gasteiger partial charge in [0.25, 0.3) is 0 Å². The molecule has 0 saturated carbocycles. The molecular weight excluding hydrogens is 760 g/mol. The maximum absolute atomic E-state index is 13.4. The number of ether oxygens (including phenoxy) is 1. The summed E-state index contributed by atoms with van der Waals surface area (Å²) >= 11 is 3.51. The summed E-state index contributed by atoms with van der Waals surface area (Å²) in [6.45, 7) is 7.66. The van der Waals surface area contributed by atoms with E-state index in [1.807, 2.05) is 12.1 Å². The van der Waals surface area contributed by atoms with Gasteiger partial charge in [-0.05, 0) is 93.3 Å². The van der Waals surface area contributed by atoms with Crippen molar-refractivity contribution in [1.82, 2.24) is 0 Å². The SMILES string of the molecule is CCOP(=O)(CCc1cc(CBr)cc(CCP(=O)(OCC)OCC)c1Oc1cc(CCP(=O)(O)O)cc(CCP(=O)(O)O)c1)OCC. The number of benzene rings is 2. The summed E-state index contributed by atoms with van der Waals surface area (Å²) in [5.41, 5.74) is 3.17. The zero-order valence-electron chi connectivity index (χ0n) is 27.2. The van der Waals surface area contributed by atoms with Crippen LogP contribution in [-0.4, -0.2) is 70.6 Å². The zero-order valence-corrected chi connectivity index (χ0v) is 32.4. The Labute approximate surface area is 285 Å². The summed E-state index contributed by atoms with van der Waals surface area (Å²) < 4.78 is 78.6. The van der Waals surface area contributed by atoms with Gasteiger partial charge in [-0.25, -0.2) is 0 Å². The van der Waals surface area contributed by atoms with E-state index in [4.69, 9.17) is 22.8 Å². The molecule has 0 spiro atoms. The Morgan fingerprint density at radius 1 is 0.553 bits per heavy atom. The third kappa shape index (κ3) is 15.8. The Morgan fingerprint density at radius 2 is 0.936 bits per heavy atom. The standard InChI is InChI=1S/C29H47BrO13P4/c1-5-39-46(37,40-6-2)15-11-26-18-25(22-30)19-27(12-16-47(38,41-7-3)42-8-4)29(26)43-28-20-23(9-13-44(31,32)33)17-24(21-28)10-14-45(34,35)36/h17-21H,5-16,22H2,1-4H3,(H2,31,32,33)(H2,34,35,36). The van der Waals surface area contributed by atoms with E-state index in [2.05, 4.69) is 15.9 Å². The molecule has 13 nitrogen and oxygen atoms in total. The lowest BCUT2D eigenvalue weighted by atomic mass is 10.0. The smallest absolute Gasteiger partial charge is 0.330 e. The molecule has 0 heterocycles.